The smallest absolute Gasteiger partial charge is 0.268 e. The first-order valence-electron chi connectivity index (χ1n) is 9.64. The van der Waals surface area contributed by atoms with Crippen LogP contribution in [0.5, 0.6) is 5.75 Å². The van der Waals surface area contributed by atoms with Gasteiger partial charge in [-0.15, -0.1) is 0 Å². The number of aromatic nitrogens is 1. The van der Waals surface area contributed by atoms with Crippen molar-refractivity contribution in [3.63, 3.8) is 0 Å². The van der Waals surface area contributed by atoms with Gasteiger partial charge in [0, 0.05) is 10.6 Å². The lowest BCUT2D eigenvalue weighted by Crippen LogP contribution is -2.42. The maximum Gasteiger partial charge on any atom is 0.268 e. The largest absolute Gasteiger partial charge is 0.478 e. The number of hydrogen-bond donors (Lipinski definition) is 1. The van der Waals surface area contributed by atoms with Crippen LogP contribution in [0.3, 0.4) is 0 Å². The van der Waals surface area contributed by atoms with Gasteiger partial charge in [-0.05, 0) is 80.9 Å². The van der Waals surface area contributed by atoms with Crippen LogP contribution in [0.15, 0.2) is 65.1 Å². The van der Waals surface area contributed by atoms with Gasteiger partial charge >= 0.3 is 0 Å². The second-order valence-corrected chi connectivity index (χ2v) is 8.55. The number of anilines is 1. The average molecular weight is 455 g/mol. The molecule has 0 unspecified atom stereocenters. The normalized spacial score (nSPS) is 11.5. The SMILES string of the molecule is Cc1ccc2oc(-c3ccc(Cl)c(NC(=O)C(C)(C)Oc4ccc(Cl)cc4)c3)nc2c1. The highest BCUT2D eigenvalue weighted by Gasteiger charge is 2.30. The summed E-state index contributed by atoms with van der Waals surface area (Å²) in [6.07, 6.45) is 0. The summed E-state index contributed by atoms with van der Waals surface area (Å²) in [5, 5.41) is 3.83. The van der Waals surface area contributed by atoms with E-state index in [0.717, 1.165) is 11.1 Å². The molecule has 0 bridgehead atoms. The van der Waals surface area contributed by atoms with Gasteiger partial charge < -0.3 is 14.5 Å². The Morgan fingerprint density at radius 2 is 1.77 bits per heavy atom. The van der Waals surface area contributed by atoms with E-state index < -0.39 is 5.60 Å². The van der Waals surface area contributed by atoms with Crippen LogP contribution < -0.4 is 10.1 Å². The number of halogens is 2. The summed E-state index contributed by atoms with van der Waals surface area (Å²) < 4.78 is 11.7. The van der Waals surface area contributed by atoms with Crippen LogP contribution in [0, 0.1) is 6.92 Å². The third-order valence-electron chi connectivity index (χ3n) is 4.74. The van der Waals surface area contributed by atoms with E-state index in [4.69, 9.17) is 32.4 Å². The van der Waals surface area contributed by atoms with E-state index in [2.05, 4.69) is 10.3 Å². The lowest BCUT2D eigenvalue weighted by Gasteiger charge is -2.25. The van der Waals surface area contributed by atoms with Crippen LogP contribution in [0.4, 0.5) is 5.69 Å². The van der Waals surface area contributed by atoms with E-state index in [-0.39, 0.29) is 5.91 Å². The van der Waals surface area contributed by atoms with Crippen molar-refractivity contribution in [2.45, 2.75) is 26.4 Å². The monoisotopic (exact) mass is 454 g/mol. The van der Waals surface area contributed by atoms with Crippen molar-refractivity contribution in [1.29, 1.82) is 0 Å². The molecule has 3 aromatic carbocycles. The molecule has 0 aliphatic heterocycles. The minimum atomic E-state index is -1.15. The summed E-state index contributed by atoms with van der Waals surface area (Å²) in [7, 11) is 0. The number of benzene rings is 3. The molecule has 1 amide bonds. The number of nitrogens with zero attached hydrogens (tertiary/aromatic N) is 1. The predicted molar refractivity (Wildman–Crippen MR) is 124 cm³/mol. The summed E-state index contributed by atoms with van der Waals surface area (Å²) in [5.41, 5.74) is 2.55. The molecule has 0 fully saturated rings. The highest BCUT2D eigenvalue weighted by atomic mass is 35.5. The molecule has 0 atom stereocenters. The van der Waals surface area contributed by atoms with E-state index in [9.17, 15) is 4.79 Å². The van der Waals surface area contributed by atoms with E-state index in [1.807, 2.05) is 25.1 Å². The van der Waals surface area contributed by atoms with Crippen LogP contribution in [-0.2, 0) is 4.79 Å². The first-order chi connectivity index (χ1) is 14.7. The molecule has 1 N–H and O–H groups in total. The zero-order chi connectivity index (χ0) is 22.2. The molecule has 0 spiro atoms. The van der Waals surface area contributed by atoms with Crippen LogP contribution in [-0.4, -0.2) is 16.5 Å². The number of oxazole rings is 1. The molecule has 4 rings (SSSR count). The Labute approximate surface area is 189 Å². The summed E-state index contributed by atoms with van der Waals surface area (Å²) >= 11 is 12.2. The molecule has 31 heavy (non-hydrogen) atoms. The summed E-state index contributed by atoms with van der Waals surface area (Å²) in [6, 6.07) is 17.8. The highest BCUT2D eigenvalue weighted by molar-refractivity contribution is 6.34. The lowest BCUT2D eigenvalue weighted by atomic mass is 10.1. The lowest BCUT2D eigenvalue weighted by molar-refractivity contribution is -0.128. The molecule has 0 radical (unpaired) electrons. The second-order valence-electron chi connectivity index (χ2n) is 7.71. The van der Waals surface area contributed by atoms with Crippen molar-refractivity contribution >= 4 is 45.9 Å². The standard InChI is InChI=1S/C24H20Cl2N2O3/c1-14-4-11-21-20(12-14)27-22(30-21)15-5-10-18(26)19(13-15)28-23(29)24(2,3)31-17-8-6-16(25)7-9-17/h4-13H,1-3H3,(H,28,29). The van der Waals surface area contributed by atoms with Gasteiger partial charge in [-0.3, -0.25) is 4.79 Å². The summed E-state index contributed by atoms with van der Waals surface area (Å²) in [4.78, 5) is 17.5. The number of hydrogen-bond acceptors (Lipinski definition) is 4. The molecule has 0 aliphatic carbocycles. The van der Waals surface area contributed by atoms with Crippen LogP contribution >= 0.6 is 23.2 Å². The Hall–Kier alpha value is -3.02. The zero-order valence-corrected chi connectivity index (χ0v) is 18.7. The van der Waals surface area contributed by atoms with Crippen LogP contribution in [0.2, 0.25) is 10.0 Å². The molecule has 1 aromatic heterocycles. The number of fused-ring (bicyclic) bond motifs is 1. The van der Waals surface area contributed by atoms with Crippen molar-refractivity contribution in [3.05, 3.63) is 76.3 Å². The topological polar surface area (TPSA) is 64.4 Å². The Bertz CT molecular complexity index is 1260. The first-order valence-corrected chi connectivity index (χ1v) is 10.4. The third-order valence-corrected chi connectivity index (χ3v) is 5.32. The van der Waals surface area contributed by atoms with E-state index in [1.165, 1.54) is 0 Å². The predicted octanol–water partition coefficient (Wildman–Crippen LogP) is 6.91. The van der Waals surface area contributed by atoms with Gasteiger partial charge in [-0.2, -0.15) is 0 Å². The average Bonchev–Trinajstić information content (AvgIpc) is 3.14. The van der Waals surface area contributed by atoms with Crippen molar-refractivity contribution in [2.24, 2.45) is 0 Å². The van der Waals surface area contributed by atoms with Gasteiger partial charge in [0.2, 0.25) is 5.89 Å². The molecule has 4 aromatic rings. The Morgan fingerprint density at radius 1 is 1.03 bits per heavy atom. The molecule has 7 heteroatoms. The van der Waals surface area contributed by atoms with E-state index in [0.29, 0.717) is 38.5 Å². The number of rotatable bonds is 5. The first kappa shape index (κ1) is 21.2. The fraction of sp³-hybridized carbons (Fsp3) is 0.167. The quantitative estimate of drug-likeness (QED) is 0.355. The highest BCUT2D eigenvalue weighted by Crippen LogP contribution is 2.31. The van der Waals surface area contributed by atoms with Gasteiger partial charge in [-0.25, -0.2) is 4.98 Å². The van der Waals surface area contributed by atoms with Gasteiger partial charge in [0.25, 0.3) is 5.91 Å². The Morgan fingerprint density at radius 3 is 2.52 bits per heavy atom. The molecule has 0 saturated carbocycles. The molecular weight excluding hydrogens is 435 g/mol. The number of nitrogens with one attached hydrogen (secondary N) is 1. The number of aryl methyl sites for hydroxylation is 1. The van der Waals surface area contributed by atoms with Crippen molar-refractivity contribution in [2.75, 3.05) is 5.32 Å². The summed E-state index contributed by atoms with van der Waals surface area (Å²) in [6.45, 7) is 5.35. The maximum atomic E-state index is 12.9. The van der Waals surface area contributed by atoms with Gasteiger partial charge in [0.1, 0.15) is 11.3 Å². The van der Waals surface area contributed by atoms with Crippen molar-refractivity contribution in [3.8, 4) is 17.2 Å². The third kappa shape index (κ3) is 4.68. The molecule has 5 nitrogen and oxygen atoms in total. The second kappa shape index (κ2) is 8.25. The minimum Gasteiger partial charge on any atom is -0.478 e. The van der Waals surface area contributed by atoms with Gasteiger partial charge in [-0.1, -0.05) is 29.3 Å². The molecule has 0 aliphatic rings. The minimum absolute atomic E-state index is 0.352. The number of ether oxygens (including phenoxy) is 1. The fourth-order valence-corrected chi connectivity index (χ4v) is 3.32. The molecule has 1 heterocycles. The van der Waals surface area contributed by atoms with Gasteiger partial charge in [0.05, 0.1) is 10.7 Å². The van der Waals surface area contributed by atoms with Crippen molar-refractivity contribution in [1.82, 2.24) is 4.98 Å². The number of amides is 1. The van der Waals surface area contributed by atoms with Crippen LogP contribution in [0.1, 0.15) is 19.4 Å². The number of carbonyl (C=O) groups is 1. The molecule has 158 valence electrons. The fourth-order valence-electron chi connectivity index (χ4n) is 3.03. The van der Waals surface area contributed by atoms with E-state index in [1.54, 1.807) is 56.3 Å². The Kier molecular flexibility index (Phi) is 5.65. The van der Waals surface area contributed by atoms with Gasteiger partial charge in [0.15, 0.2) is 11.2 Å². The van der Waals surface area contributed by atoms with Crippen molar-refractivity contribution < 1.29 is 13.9 Å². The maximum absolute atomic E-state index is 12.9. The molecular formula is C24H20Cl2N2O3. The zero-order valence-electron chi connectivity index (χ0n) is 17.2. The summed E-state index contributed by atoms with van der Waals surface area (Å²) in [5.74, 6) is 0.630. The molecule has 0 saturated heterocycles. The van der Waals surface area contributed by atoms with E-state index >= 15 is 0 Å². The number of carbonyl (C=O) groups excluding carboxylic acids is 1. The Balaban J connectivity index is 1.57. The van der Waals surface area contributed by atoms with Crippen LogP contribution in [0.25, 0.3) is 22.6 Å².